The predicted octanol–water partition coefficient (Wildman–Crippen LogP) is 3.27. The van der Waals surface area contributed by atoms with Crippen LogP contribution in [0.1, 0.15) is 25.5 Å². The Morgan fingerprint density at radius 1 is 1.30 bits per heavy atom. The highest BCUT2D eigenvalue weighted by Gasteiger charge is 2.30. The summed E-state index contributed by atoms with van der Waals surface area (Å²) >= 11 is 5.93. The molecule has 30 heavy (non-hydrogen) atoms. The van der Waals surface area contributed by atoms with Crippen LogP contribution in [0.2, 0.25) is 5.02 Å². The second kappa shape index (κ2) is 9.29. The van der Waals surface area contributed by atoms with Crippen LogP contribution >= 0.6 is 11.6 Å². The average Bonchev–Trinajstić information content (AvgIpc) is 3.09. The third-order valence-electron chi connectivity index (χ3n) is 4.37. The highest BCUT2D eigenvalue weighted by Crippen LogP contribution is 2.27. The van der Waals surface area contributed by atoms with Crippen molar-refractivity contribution in [2.75, 3.05) is 25.6 Å². The Morgan fingerprint density at radius 3 is 2.70 bits per heavy atom. The molecule has 1 aromatic carbocycles. The number of hydrogen-bond acceptors (Lipinski definition) is 6. The Bertz CT molecular complexity index is 1000. The first-order chi connectivity index (χ1) is 14.3. The number of carbonyl (C=O) groups is 1. The smallest absolute Gasteiger partial charge is 0.320 e. The molecule has 0 radical (unpaired) electrons. The van der Waals surface area contributed by atoms with Gasteiger partial charge in [0.25, 0.3) is 0 Å². The van der Waals surface area contributed by atoms with Crippen molar-refractivity contribution in [2.45, 2.75) is 25.5 Å². The molecule has 3 aromatic rings. The topological polar surface area (TPSA) is 121 Å². The number of hydrogen-bond donors (Lipinski definition) is 4. The van der Waals surface area contributed by atoms with E-state index in [2.05, 4.69) is 25.8 Å². The lowest BCUT2D eigenvalue weighted by Crippen LogP contribution is -2.43. The van der Waals surface area contributed by atoms with Gasteiger partial charge in [-0.25, -0.2) is 9.78 Å². The SMILES string of the molecule is COCCOc1n[nH]c2cc(NC(=O)N[C@H](c3ccc(Cl)cc3)C(C)(C)O)ncc12. The van der Waals surface area contributed by atoms with Crippen molar-refractivity contribution in [3.05, 3.63) is 47.1 Å². The van der Waals surface area contributed by atoms with Crippen LogP contribution in [0.4, 0.5) is 10.6 Å². The van der Waals surface area contributed by atoms with E-state index in [0.29, 0.717) is 40.8 Å². The van der Waals surface area contributed by atoms with Gasteiger partial charge in [-0.1, -0.05) is 23.7 Å². The molecule has 0 aliphatic heterocycles. The summed E-state index contributed by atoms with van der Waals surface area (Å²) in [7, 11) is 1.59. The normalized spacial score (nSPS) is 12.6. The maximum Gasteiger partial charge on any atom is 0.320 e. The van der Waals surface area contributed by atoms with E-state index in [-0.39, 0.29) is 0 Å². The first-order valence-electron chi connectivity index (χ1n) is 9.29. The molecule has 2 aromatic heterocycles. The molecule has 4 N–H and O–H groups in total. The van der Waals surface area contributed by atoms with Gasteiger partial charge in [-0.3, -0.25) is 10.4 Å². The Hall–Kier alpha value is -2.88. The molecule has 0 saturated heterocycles. The largest absolute Gasteiger partial charge is 0.474 e. The zero-order valence-corrected chi connectivity index (χ0v) is 17.7. The van der Waals surface area contributed by atoms with Crippen molar-refractivity contribution >= 4 is 34.4 Å². The number of carbonyl (C=O) groups excluding carboxylic acids is 1. The maximum absolute atomic E-state index is 12.6. The highest BCUT2D eigenvalue weighted by atomic mass is 35.5. The average molecular weight is 434 g/mol. The number of nitrogens with one attached hydrogen (secondary N) is 3. The van der Waals surface area contributed by atoms with Gasteiger partial charge in [-0.15, -0.1) is 5.10 Å². The number of amides is 2. The summed E-state index contributed by atoms with van der Waals surface area (Å²) in [4.78, 5) is 16.8. The van der Waals surface area contributed by atoms with Crippen molar-refractivity contribution in [3.63, 3.8) is 0 Å². The second-order valence-corrected chi connectivity index (χ2v) is 7.66. The summed E-state index contributed by atoms with van der Waals surface area (Å²) in [6, 6.07) is 7.39. The van der Waals surface area contributed by atoms with E-state index in [9.17, 15) is 9.90 Å². The first kappa shape index (κ1) is 21.8. The van der Waals surface area contributed by atoms with Crippen LogP contribution in [0.3, 0.4) is 0 Å². The van der Waals surface area contributed by atoms with Crippen LogP contribution in [-0.4, -0.2) is 52.2 Å². The zero-order valence-electron chi connectivity index (χ0n) is 16.9. The summed E-state index contributed by atoms with van der Waals surface area (Å²) in [5.74, 6) is 0.730. The Kier molecular flexibility index (Phi) is 6.76. The van der Waals surface area contributed by atoms with Crippen molar-refractivity contribution in [1.29, 1.82) is 0 Å². The molecule has 9 nitrogen and oxygen atoms in total. The number of urea groups is 1. The van der Waals surface area contributed by atoms with Crippen LogP contribution in [0.25, 0.3) is 10.9 Å². The molecule has 0 fully saturated rings. The number of fused-ring (bicyclic) bond motifs is 1. The second-order valence-electron chi connectivity index (χ2n) is 7.22. The highest BCUT2D eigenvalue weighted by molar-refractivity contribution is 6.30. The van der Waals surface area contributed by atoms with E-state index in [0.717, 1.165) is 5.56 Å². The minimum absolute atomic E-state index is 0.317. The number of pyridine rings is 1. The molecule has 1 atom stereocenters. The monoisotopic (exact) mass is 433 g/mol. The minimum Gasteiger partial charge on any atom is -0.474 e. The lowest BCUT2D eigenvalue weighted by atomic mass is 9.92. The van der Waals surface area contributed by atoms with Crippen LogP contribution in [0.15, 0.2) is 36.5 Å². The fourth-order valence-corrected chi connectivity index (χ4v) is 3.02. The number of aromatic nitrogens is 3. The molecule has 0 bridgehead atoms. The molecule has 2 amide bonds. The van der Waals surface area contributed by atoms with Crippen molar-refractivity contribution in [2.24, 2.45) is 0 Å². The van der Waals surface area contributed by atoms with Crippen LogP contribution in [0, 0.1) is 0 Å². The maximum atomic E-state index is 12.6. The quantitative estimate of drug-likeness (QED) is 0.404. The summed E-state index contributed by atoms with van der Waals surface area (Å²) in [5, 5.41) is 24.2. The van der Waals surface area contributed by atoms with Crippen molar-refractivity contribution in [1.82, 2.24) is 20.5 Å². The minimum atomic E-state index is -1.21. The number of nitrogens with zero attached hydrogens (tertiary/aromatic N) is 2. The van der Waals surface area contributed by atoms with Gasteiger partial charge >= 0.3 is 6.03 Å². The van der Waals surface area contributed by atoms with Crippen molar-refractivity contribution in [3.8, 4) is 5.88 Å². The molecular formula is C20H24ClN5O4. The number of aromatic amines is 1. The van der Waals surface area contributed by atoms with E-state index < -0.39 is 17.7 Å². The summed E-state index contributed by atoms with van der Waals surface area (Å²) in [6.07, 6.45) is 1.56. The number of rotatable bonds is 8. The summed E-state index contributed by atoms with van der Waals surface area (Å²) < 4.78 is 10.5. The van der Waals surface area contributed by atoms with Gasteiger partial charge in [0.15, 0.2) is 0 Å². The van der Waals surface area contributed by atoms with Crippen LogP contribution < -0.4 is 15.4 Å². The molecular weight excluding hydrogens is 410 g/mol. The summed E-state index contributed by atoms with van der Waals surface area (Å²) in [5.41, 5.74) is 0.168. The van der Waals surface area contributed by atoms with Gasteiger partial charge in [0.05, 0.1) is 29.2 Å². The number of H-pyrrole nitrogens is 1. The fraction of sp³-hybridized carbons (Fsp3) is 0.350. The third kappa shape index (κ3) is 5.38. The van der Waals surface area contributed by atoms with Gasteiger partial charge < -0.3 is 19.9 Å². The van der Waals surface area contributed by atoms with Crippen LogP contribution in [0.5, 0.6) is 5.88 Å². The standard InChI is InChI=1S/C20H24ClN5O4/c1-20(2,28)17(12-4-6-13(21)7-5-12)24-19(27)23-16-10-15-14(11-22-16)18(26-25-15)30-9-8-29-3/h4-7,10-11,17,28H,8-9H2,1-3H3,(H,25,26)(H2,22,23,24,27)/t17-/m1/s1. The molecule has 0 unspecified atom stereocenters. The molecule has 2 heterocycles. The Balaban J connectivity index is 1.71. The number of aliphatic hydroxyl groups is 1. The van der Waals surface area contributed by atoms with Gasteiger partial charge in [0.2, 0.25) is 5.88 Å². The first-order valence-corrected chi connectivity index (χ1v) is 9.67. The van der Waals surface area contributed by atoms with E-state index in [1.54, 1.807) is 57.5 Å². The van der Waals surface area contributed by atoms with Crippen molar-refractivity contribution < 1.29 is 19.4 Å². The lowest BCUT2D eigenvalue weighted by Gasteiger charge is -2.30. The number of halogens is 1. The molecule has 0 aliphatic rings. The van der Waals surface area contributed by atoms with Gasteiger partial charge in [-0.2, -0.15) is 0 Å². The van der Waals surface area contributed by atoms with Gasteiger partial charge in [-0.05, 0) is 31.5 Å². The Labute approximate surface area is 178 Å². The molecule has 0 spiro atoms. The number of ether oxygens (including phenoxy) is 2. The molecule has 3 rings (SSSR count). The van der Waals surface area contributed by atoms with E-state index >= 15 is 0 Å². The summed E-state index contributed by atoms with van der Waals surface area (Å²) in [6.45, 7) is 4.04. The molecule has 0 aliphatic carbocycles. The zero-order chi connectivity index (χ0) is 21.7. The fourth-order valence-electron chi connectivity index (χ4n) is 2.90. The molecule has 10 heteroatoms. The number of methoxy groups -OCH3 is 1. The molecule has 160 valence electrons. The van der Waals surface area contributed by atoms with Gasteiger partial charge in [0, 0.05) is 24.4 Å². The molecule has 0 saturated carbocycles. The third-order valence-corrected chi connectivity index (χ3v) is 4.62. The predicted molar refractivity (Wildman–Crippen MR) is 114 cm³/mol. The Morgan fingerprint density at radius 2 is 2.03 bits per heavy atom. The van der Waals surface area contributed by atoms with Gasteiger partial charge in [0.1, 0.15) is 12.4 Å². The number of anilines is 1. The van der Waals surface area contributed by atoms with Crippen LogP contribution in [-0.2, 0) is 4.74 Å². The van der Waals surface area contributed by atoms with E-state index in [1.165, 1.54) is 0 Å². The lowest BCUT2D eigenvalue weighted by molar-refractivity contribution is 0.0415. The van der Waals surface area contributed by atoms with E-state index in [1.807, 2.05) is 0 Å². The van der Waals surface area contributed by atoms with E-state index in [4.69, 9.17) is 21.1 Å². The number of benzene rings is 1.